The maximum Gasteiger partial charge on any atom is 0.261 e. The molecule has 1 atom stereocenters. The highest BCUT2D eigenvalue weighted by Crippen LogP contribution is 2.38. The van der Waals surface area contributed by atoms with Crippen molar-refractivity contribution in [2.75, 3.05) is 26.2 Å². The molecule has 21 heavy (non-hydrogen) atoms. The SMILES string of the molecule is Cn1ncc(Cl)c1S(=O)(=O)N1CCCC2(CCCNC2)C1. The Hall–Kier alpha value is -0.630. The predicted octanol–water partition coefficient (Wildman–Crippen LogP) is 1.23. The molecule has 3 heterocycles. The Balaban J connectivity index is 1.89. The van der Waals surface area contributed by atoms with Crippen LogP contribution in [0.2, 0.25) is 5.02 Å². The van der Waals surface area contributed by atoms with Gasteiger partial charge in [0.2, 0.25) is 0 Å². The molecule has 2 saturated heterocycles. The molecule has 0 saturated carbocycles. The number of aryl methyl sites for hydroxylation is 1. The van der Waals surface area contributed by atoms with E-state index < -0.39 is 10.0 Å². The molecule has 0 aliphatic carbocycles. The van der Waals surface area contributed by atoms with Crippen LogP contribution in [-0.2, 0) is 17.1 Å². The van der Waals surface area contributed by atoms with Crippen LogP contribution in [-0.4, -0.2) is 48.7 Å². The number of piperidine rings is 2. The van der Waals surface area contributed by atoms with Crippen molar-refractivity contribution in [3.63, 3.8) is 0 Å². The van der Waals surface area contributed by atoms with Gasteiger partial charge in [-0.3, -0.25) is 4.68 Å². The number of aromatic nitrogens is 2. The summed E-state index contributed by atoms with van der Waals surface area (Å²) in [5, 5.41) is 7.65. The minimum Gasteiger partial charge on any atom is -0.316 e. The first-order chi connectivity index (χ1) is 9.95. The third kappa shape index (κ3) is 2.72. The van der Waals surface area contributed by atoms with E-state index in [1.54, 1.807) is 11.4 Å². The lowest BCUT2D eigenvalue weighted by Gasteiger charge is -2.44. The Bertz CT molecular complexity index is 597. The average Bonchev–Trinajstić information content (AvgIpc) is 2.79. The van der Waals surface area contributed by atoms with Crippen molar-refractivity contribution in [1.29, 1.82) is 0 Å². The molecule has 2 aliphatic heterocycles. The van der Waals surface area contributed by atoms with Crippen molar-refractivity contribution in [2.24, 2.45) is 12.5 Å². The molecule has 118 valence electrons. The first-order valence-electron chi connectivity index (χ1n) is 7.33. The van der Waals surface area contributed by atoms with Crippen LogP contribution in [0.25, 0.3) is 0 Å². The second-order valence-corrected chi connectivity index (χ2v) is 8.40. The molecule has 0 amide bonds. The molecule has 2 aliphatic rings. The van der Waals surface area contributed by atoms with Crippen molar-refractivity contribution in [3.8, 4) is 0 Å². The summed E-state index contributed by atoms with van der Waals surface area (Å²) in [7, 11) is -1.97. The molecule has 8 heteroatoms. The molecular weight excluding hydrogens is 312 g/mol. The van der Waals surface area contributed by atoms with Gasteiger partial charge in [-0.05, 0) is 37.6 Å². The Labute approximate surface area is 130 Å². The highest BCUT2D eigenvalue weighted by Gasteiger charge is 2.42. The van der Waals surface area contributed by atoms with E-state index in [0.29, 0.717) is 13.1 Å². The number of rotatable bonds is 2. The fraction of sp³-hybridized carbons (Fsp3) is 0.769. The van der Waals surface area contributed by atoms with Gasteiger partial charge in [-0.25, -0.2) is 8.42 Å². The molecule has 1 aromatic heterocycles. The van der Waals surface area contributed by atoms with E-state index in [1.807, 2.05) is 0 Å². The quantitative estimate of drug-likeness (QED) is 0.884. The van der Waals surface area contributed by atoms with E-state index in [-0.39, 0.29) is 15.5 Å². The zero-order chi connectivity index (χ0) is 15.1. The van der Waals surface area contributed by atoms with Gasteiger partial charge in [-0.2, -0.15) is 9.40 Å². The van der Waals surface area contributed by atoms with Crippen LogP contribution in [0.5, 0.6) is 0 Å². The fourth-order valence-electron chi connectivity index (χ4n) is 3.56. The summed E-state index contributed by atoms with van der Waals surface area (Å²) in [5.74, 6) is 0. The predicted molar refractivity (Wildman–Crippen MR) is 80.7 cm³/mol. The summed E-state index contributed by atoms with van der Waals surface area (Å²) in [6, 6.07) is 0. The van der Waals surface area contributed by atoms with E-state index in [9.17, 15) is 8.42 Å². The maximum absolute atomic E-state index is 12.9. The molecule has 1 N–H and O–H groups in total. The molecular formula is C13H21ClN4O2S. The number of hydrogen-bond acceptors (Lipinski definition) is 4. The number of hydrogen-bond donors (Lipinski definition) is 1. The summed E-state index contributed by atoms with van der Waals surface area (Å²) < 4.78 is 28.7. The Morgan fingerprint density at radius 3 is 2.76 bits per heavy atom. The van der Waals surface area contributed by atoms with Crippen LogP contribution in [0, 0.1) is 5.41 Å². The number of nitrogens with zero attached hydrogens (tertiary/aromatic N) is 3. The second kappa shape index (κ2) is 5.53. The van der Waals surface area contributed by atoms with E-state index in [0.717, 1.165) is 38.8 Å². The van der Waals surface area contributed by atoms with Crippen LogP contribution in [0.15, 0.2) is 11.2 Å². The Kier molecular flexibility index (Phi) is 4.02. The van der Waals surface area contributed by atoms with Crippen LogP contribution >= 0.6 is 11.6 Å². The van der Waals surface area contributed by atoms with Crippen LogP contribution < -0.4 is 5.32 Å². The number of halogens is 1. The molecule has 0 radical (unpaired) electrons. The first kappa shape index (κ1) is 15.3. The van der Waals surface area contributed by atoms with Gasteiger partial charge in [0.25, 0.3) is 10.0 Å². The van der Waals surface area contributed by atoms with Crippen molar-refractivity contribution in [3.05, 3.63) is 11.2 Å². The average molecular weight is 333 g/mol. The van der Waals surface area contributed by atoms with Gasteiger partial charge >= 0.3 is 0 Å². The Morgan fingerprint density at radius 1 is 1.38 bits per heavy atom. The summed E-state index contributed by atoms with van der Waals surface area (Å²) in [4.78, 5) is 0. The standard InChI is InChI=1S/C13H21ClN4O2S/c1-17-12(11(14)8-16-17)21(19,20)18-7-3-5-13(10-18)4-2-6-15-9-13/h8,15H,2-7,9-10H2,1H3. The van der Waals surface area contributed by atoms with Crippen molar-refractivity contribution >= 4 is 21.6 Å². The fourth-order valence-corrected chi connectivity index (χ4v) is 5.75. The third-order valence-electron chi connectivity index (χ3n) is 4.61. The molecule has 0 aromatic carbocycles. The van der Waals surface area contributed by atoms with Crippen molar-refractivity contribution in [2.45, 2.75) is 30.7 Å². The molecule has 3 rings (SSSR count). The monoisotopic (exact) mass is 332 g/mol. The summed E-state index contributed by atoms with van der Waals surface area (Å²) in [5.41, 5.74) is 0.0780. The molecule has 6 nitrogen and oxygen atoms in total. The largest absolute Gasteiger partial charge is 0.316 e. The van der Waals surface area contributed by atoms with Gasteiger partial charge < -0.3 is 5.32 Å². The smallest absolute Gasteiger partial charge is 0.261 e. The Morgan fingerprint density at radius 2 is 2.14 bits per heavy atom. The lowest BCUT2D eigenvalue weighted by molar-refractivity contribution is 0.110. The first-order valence-corrected chi connectivity index (χ1v) is 9.15. The zero-order valence-electron chi connectivity index (χ0n) is 12.2. The minimum atomic E-state index is -3.58. The van der Waals surface area contributed by atoms with Gasteiger partial charge in [-0.15, -0.1) is 0 Å². The number of sulfonamides is 1. The van der Waals surface area contributed by atoms with Crippen LogP contribution in [0.1, 0.15) is 25.7 Å². The number of nitrogens with one attached hydrogen (secondary N) is 1. The molecule has 1 spiro atoms. The second-order valence-electron chi connectivity index (χ2n) is 6.14. The highest BCUT2D eigenvalue weighted by molar-refractivity contribution is 7.89. The van der Waals surface area contributed by atoms with E-state index >= 15 is 0 Å². The summed E-state index contributed by atoms with van der Waals surface area (Å²) in [6.07, 6.45) is 5.57. The van der Waals surface area contributed by atoms with Gasteiger partial charge in [0, 0.05) is 26.7 Å². The van der Waals surface area contributed by atoms with Crippen molar-refractivity contribution < 1.29 is 8.42 Å². The normalized spacial score (nSPS) is 28.1. The van der Waals surface area contributed by atoms with Gasteiger partial charge in [-0.1, -0.05) is 11.6 Å². The highest BCUT2D eigenvalue weighted by atomic mass is 35.5. The zero-order valence-corrected chi connectivity index (χ0v) is 13.8. The van der Waals surface area contributed by atoms with Gasteiger partial charge in [0.1, 0.15) is 0 Å². The molecule has 1 aromatic rings. The lowest BCUT2D eigenvalue weighted by Crippen LogP contribution is -2.52. The third-order valence-corrected chi connectivity index (χ3v) is 6.97. The van der Waals surface area contributed by atoms with E-state index in [4.69, 9.17) is 11.6 Å². The van der Waals surface area contributed by atoms with Crippen molar-refractivity contribution in [1.82, 2.24) is 19.4 Å². The lowest BCUT2D eigenvalue weighted by atomic mass is 9.75. The van der Waals surface area contributed by atoms with E-state index in [1.165, 1.54) is 10.9 Å². The van der Waals surface area contributed by atoms with E-state index in [2.05, 4.69) is 10.4 Å². The van der Waals surface area contributed by atoms with Gasteiger partial charge in [0.05, 0.1) is 11.2 Å². The molecule has 2 fully saturated rings. The van der Waals surface area contributed by atoms with Crippen LogP contribution in [0.4, 0.5) is 0 Å². The van der Waals surface area contributed by atoms with Crippen LogP contribution in [0.3, 0.4) is 0 Å². The minimum absolute atomic E-state index is 0.0780. The summed E-state index contributed by atoms with van der Waals surface area (Å²) >= 11 is 6.02. The molecule has 0 bridgehead atoms. The summed E-state index contributed by atoms with van der Waals surface area (Å²) in [6.45, 7) is 3.07. The topological polar surface area (TPSA) is 67.2 Å². The maximum atomic E-state index is 12.9. The molecule has 1 unspecified atom stereocenters. The van der Waals surface area contributed by atoms with Gasteiger partial charge in [0.15, 0.2) is 5.03 Å².